The molecule has 2 unspecified atom stereocenters. The molecule has 0 amide bonds. The second-order valence-electron chi connectivity index (χ2n) is 4.00. The number of benzene rings is 1. The summed E-state index contributed by atoms with van der Waals surface area (Å²) in [5, 5.41) is -0.330. The van der Waals surface area contributed by atoms with Crippen molar-refractivity contribution in [3.8, 4) is 0 Å². The van der Waals surface area contributed by atoms with Crippen LogP contribution in [0, 0.1) is 0 Å². The van der Waals surface area contributed by atoms with Crippen LogP contribution in [-0.4, -0.2) is 29.4 Å². The lowest BCUT2D eigenvalue weighted by Gasteiger charge is -2.10. The van der Waals surface area contributed by atoms with Crippen LogP contribution in [-0.2, 0) is 20.6 Å². The molecule has 0 saturated carbocycles. The summed E-state index contributed by atoms with van der Waals surface area (Å²) in [6.07, 6.45) is 0.449. The first kappa shape index (κ1) is 13.0. The maximum absolute atomic E-state index is 12.2. The highest BCUT2D eigenvalue weighted by atomic mass is 79.9. The summed E-state index contributed by atoms with van der Waals surface area (Å²) >= 11 is 3.27. The fourth-order valence-corrected chi connectivity index (χ4v) is 6.18. The number of hydrogen-bond donors (Lipinski definition) is 1. The molecular formula is C10H12BrNO3S2. The van der Waals surface area contributed by atoms with Crippen LogP contribution < -0.4 is 5.73 Å². The van der Waals surface area contributed by atoms with E-state index >= 15 is 0 Å². The molecule has 0 bridgehead atoms. The van der Waals surface area contributed by atoms with Gasteiger partial charge in [0.1, 0.15) is 0 Å². The molecule has 4 nitrogen and oxygen atoms in total. The molecule has 17 heavy (non-hydrogen) atoms. The Morgan fingerprint density at radius 3 is 2.65 bits per heavy atom. The van der Waals surface area contributed by atoms with Crippen LogP contribution in [0.15, 0.2) is 27.6 Å². The molecule has 0 aromatic heterocycles. The summed E-state index contributed by atoms with van der Waals surface area (Å²) in [7, 11) is -4.36. The van der Waals surface area contributed by atoms with Gasteiger partial charge in [0, 0.05) is 10.2 Å². The van der Waals surface area contributed by atoms with Gasteiger partial charge in [-0.15, -0.1) is 0 Å². The zero-order chi connectivity index (χ0) is 12.6. The first-order valence-corrected chi connectivity index (χ1v) is 8.88. The lowest BCUT2D eigenvalue weighted by atomic mass is 10.3. The van der Waals surface area contributed by atoms with Crippen LogP contribution in [0.25, 0.3) is 0 Å². The van der Waals surface area contributed by atoms with Gasteiger partial charge in [0.2, 0.25) is 0 Å². The molecule has 0 spiro atoms. The predicted octanol–water partition coefficient (Wildman–Crippen LogP) is 1.33. The molecule has 0 radical (unpaired) electrons. The molecule has 1 heterocycles. The maximum atomic E-state index is 12.2. The second kappa shape index (κ2) is 4.70. The van der Waals surface area contributed by atoms with Crippen molar-refractivity contribution in [2.75, 3.05) is 17.2 Å². The number of nitrogens with two attached hydrogens (primary N) is 1. The van der Waals surface area contributed by atoms with Crippen LogP contribution >= 0.6 is 15.9 Å². The van der Waals surface area contributed by atoms with Crippen molar-refractivity contribution in [1.29, 1.82) is 0 Å². The summed E-state index contributed by atoms with van der Waals surface area (Å²) < 4.78 is 35.7. The van der Waals surface area contributed by atoms with E-state index in [1.807, 2.05) is 0 Å². The molecule has 1 aliphatic rings. The first-order chi connectivity index (χ1) is 7.89. The quantitative estimate of drug-likeness (QED) is 0.826. The summed E-state index contributed by atoms with van der Waals surface area (Å²) in [5.41, 5.74) is 6.22. The summed E-state index contributed by atoms with van der Waals surface area (Å²) in [6, 6.07) is 5.12. The molecule has 1 aliphatic heterocycles. The molecule has 1 aromatic carbocycles. The minimum absolute atomic E-state index is 0.00485. The van der Waals surface area contributed by atoms with Gasteiger partial charge in [-0.05, 0) is 24.6 Å². The number of hydrogen-bond acceptors (Lipinski definition) is 4. The highest BCUT2D eigenvalue weighted by Gasteiger charge is 2.33. The first-order valence-electron chi connectivity index (χ1n) is 5.05. The molecule has 2 rings (SSSR count). The zero-order valence-electron chi connectivity index (χ0n) is 8.93. The van der Waals surface area contributed by atoms with Crippen LogP contribution in [0.4, 0.5) is 5.69 Å². The summed E-state index contributed by atoms with van der Waals surface area (Å²) in [4.78, 5) is 0.523. The highest BCUT2D eigenvalue weighted by molar-refractivity contribution is 9.10. The van der Waals surface area contributed by atoms with Gasteiger partial charge in [0.15, 0.2) is 9.84 Å². The van der Waals surface area contributed by atoms with E-state index in [1.165, 1.54) is 0 Å². The summed E-state index contributed by atoms with van der Waals surface area (Å²) in [6.45, 7) is 0. The molecular weight excluding hydrogens is 326 g/mol. The summed E-state index contributed by atoms with van der Waals surface area (Å²) in [5.74, 6) is 0.120. The SMILES string of the molecule is Nc1cc(Br)ccc1S(=O)C1CCS(=O)(=O)C1. The van der Waals surface area contributed by atoms with Gasteiger partial charge < -0.3 is 5.73 Å². The number of halogens is 1. The van der Waals surface area contributed by atoms with E-state index in [1.54, 1.807) is 18.2 Å². The number of anilines is 1. The third-order valence-electron chi connectivity index (χ3n) is 2.68. The third kappa shape index (κ3) is 2.89. The van der Waals surface area contributed by atoms with Gasteiger partial charge >= 0.3 is 0 Å². The van der Waals surface area contributed by atoms with Crippen molar-refractivity contribution in [2.45, 2.75) is 16.6 Å². The van der Waals surface area contributed by atoms with Crippen LogP contribution in [0.2, 0.25) is 0 Å². The molecule has 1 aromatic rings. The van der Waals surface area contributed by atoms with Crippen molar-refractivity contribution in [3.05, 3.63) is 22.7 Å². The molecule has 1 saturated heterocycles. The predicted molar refractivity (Wildman–Crippen MR) is 72.0 cm³/mol. The van der Waals surface area contributed by atoms with Gasteiger partial charge in [-0.1, -0.05) is 15.9 Å². The normalized spacial score (nSPS) is 24.6. The van der Waals surface area contributed by atoms with Gasteiger partial charge in [-0.3, -0.25) is 4.21 Å². The smallest absolute Gasteiger partial charge is 0.151 e. The van der Waals surface area contributed by atoms with Crippen LogP contribution in [0.1, 0.15) is 6.42 Å². The van der Waals surface area contributed by atoms with Crippen molar-refractivity contribution < 1.29 is 12.6 Å². The fraction of sp³-hybridized carbons (Fsp3) is 0.400. The average Bonchev–Trinajstić information content (AvgIpc) is 2.58. The van der Waals surface area contributed by atoms with Crippen molar-refractivity contribution >= 4 is 42.3 Å². The number of nitrogen functional groups attached to an aromatic ring is 1. The van der Waals surface area contributed by atoms with Crippen LogP contribution in [0.3, 0.4) is 0 Å². The van der Waals surface area contributed by atoms with E-state index in [0.29, 0.717) is 17.0 Å². The minimum Gasteiger partial charge on any atom is -0.398 e. The Labute approximate surface area is 111 Å². The minimum atomic E-state index is -3.01. The monoisotopic (exact) mass is 337 g/mol. The Morgan fingerprint density at radius 1 is 1.41 bits per heavy atom. The Balaban J connectivity index is 2.27. The molecule has 1 fully saturated rings. The molecule has 0 aliphatic carbocycles. The number of rotatable bonds is 2. The maximum Gasteiger partial charge on any atom is 0.151 e. The van der Waals surface area contributed by atoms with E-state index in [0.717, 1.165) is 4.47 Å². The third-order valence-corrected chi connectivity index (χ3v) is 6.97. The van der Waals surface area contributed by atoms with E-state index in [-0.39, 0.29) is 16.8 Å². The van der Waals surface area contributed by atoms with Gasteiger partial charge in [0.05, 0.1) is 32.5 Å². The largest absolute Gasteiger partial charge is 0.398 e. The standard InChI is InChI=1S/C10H12BrNO3S2/c11-7-1-2-10(9(12)5-7)16(13)8-3-4-17(14,15)6-8/h1-2,5,8H,3-4,6,12H2. The molecule has 2 N–H and O–H groups in total. The Hall–Kier alpha value is -0.400. The Morgan fingerprint density at radius 2 is 2.12 bits per heavy atom. The molecule has 7 heteroatoms. The van der Waals surface area contributed by atoms with Crippen molar-refractivity contribution in [3.63, 3.8) is 0 Å². The Bertz CT molecular complexity index is 571. The van der Waals surface area contributed by atoms with Gasteiger partial charge in [-0.25, -0.2) is 8.42 Å². The lowest BCUT2D eigenvalue weighted by Crippen LogP contribution is -2.17. The average molecular weight is 338 g/mol. The number of sulfone groups is 1. The van der Waals surface area contributed by atoms with E-state index in [2.05, 4.69) is 15.9 Å². The highest BCUT2D eigenvalue weighted by Crippen LogP contribution is 2.27. The van der Waals surface area contributed by atoms with Crippen LogP contribution in [0.5, 0.6) is 0 Å². The van der Waals surface area contributed by atoms with Gasteiger partial charge in [0.25, 0.3) is 0 Å². The van der Waals surface area contributed by atoms with E-state index < -0.39 is 20.6 Å². The molecule has 94 valence electrons. The van der Waals surface area contributed by atoms with E-state index in [4.69, 9.17) is 5.73 Å². The lowest BCUT2D eigenvalue weighted by molar-refractivity contribution is 0.602. The fourth-order valence-electron chi connectivity index (χ4n) is 1.81. The second-order valence-corrected chi connectivity index (χ2v) is 8.85. The van der Waals surface area contributed by atoms with Crippen molar-refractivity contribution in [2.24, 2.45) is 0 Å². The van der Waals surface area contributed by atoms with Crippen molar-refractivity contribution in [1.82, 2.24) is 0 Å². The van der Waals surface area contributed by atoms with Gasteiger partial charge in [-0.2, -0.15) is 0 Å². The molecule has 2 atom stereocenters. The zero-order valence-corrected chi connectivity index (χ0v) is 12.1. The Kier molecular flexibility index (Phi) is 3.61. The topological polar surface area (TPSA) is 77.2 Å². The van der Waals surface area contributed by atoms with E-state index in [9.17, 15) is 12.6 Å².